The molecule has 2 aromatic carbocycles. The van der Waals surface area contributed by atoms with Crippen LogP contribution in [0.25, 0.3) is 11.1 Å². The zero-order chi connectivity index (χ0) is 11.5. The van der Waals surface area contributed by atoms with Gasteiger partial charge in [-0.1, -0.05) is 41.9 Å². The summed E-state index contributed by atoms with van der Waals surface area (Å²) in [5.74, 6) is 0.0499. The fraction of sp³-hybridized carbons (Fsp3) is 0.0714. The molecule has 2 aromatic rings. The molecule has 80 valence electrons. The summed E-state index contributed by atoms with van der Waals surface area (Å²) in [6.45, 7) is 1.55. The molecule has 0 N–H and O–H groups in total. The van der Waals surface area contributed by atoms with E-state index in [-0.39, 0.29) is 5.78 Å². The summed E-state index contributed by atoms with van der Waals surface area (Å²) in [6.07, 6.45) is 0. The lowest BCUT2D eigenvalue weighted by molar-refractivity contribution is 0.101. The SMILES string of the molecule is CC(=O)c1ccc(Cl)c(-c2ccccc2)c1. The molecule has 0 saturated carbocycles. The number of benzene rings is 2. The normalized spacial score (nSPS) is 10.1. The minimum absolute atomic E-state index is 0.0499. The maximum atomic E-state index is 11.3. The van der Waals surface area contributed by atoms with Gasteiger partial charge in [0, 0.05) is 16.1 Å². The number of hydrogen-bond acceptors (Lipinski definition) is 1. The predicted octanol–water partition coefficient (Wildman–Crippen LogP) is 4.21. The molecule has 2 rings (SSSR count). The minimum Gasteiger partial charge on any atom is -0.295 e. The van der Waals surface area contributed by atoms with Crippen molar-refractivity contribution in [3.63, 3.8) is 0 Å². The van der Waals surface area contributed by atoms with E-state index in [2.05, 4.69) is 0 Å². The van der Waals surface area contributed by atoms with E-state index < -0.39 is 0 Å². The monoisotopic (exact) mass is 230 g/mol. The molecule has 0 aliphatic rings. The van der Waals surface area contributed by atoms with E-state index in [1.807, 2.05) is 36.4 Å². The lowest BCUT2D eigenvalue weighted by Crippen LogP contribution is -1.92. The van der Waals surface area contributed by atoms with Crippen LogP contribution < -0.4 is 0 Å². The molecule has 16 heavy (non-hydrogen) atoms. The van der Waals surface area contributed by atoms with Gasteiger partial charge in [0.2, 0.25) is 0 Å². The lowest BCUT2D eigenvalue weighted by Gasteiger charge is -2.06. The van der Waals surface area contributed by atoms with E-state index in [0.717, 1.165) is 11.1 Å². The largest absolute Gasteiger partial charge is 0.295 e. The molecule has 0 aromatic heterocycles. The Morgan fingerprint density at radius 1 is 1.06 bits per heavy atom. The Hall–Kier alpha value is -1.60. The first-order valence-electron chi connectivity index (χ1n) is 5.04. The van der Waals surface area contributed by atoms with Crippen molar-refractivity contribution in [3.05, 3.63) is 59.1 Å². The Morgan fingerprint density at radius 2 is 1.75 bits per heavy atom. The van der Waals surface area contributed by atoms with E-state index in [0.29, 0.717) is 10.6 Å². The third-order valence-corrected chi connectivity index (χ3v) is 2.79. The molecule has 0 amide bonds. The third kappa shape index (κ3) is 2.15. The van der Waals surface area contributed by atoms with E-state index in [4.69, 9.17) is 11.6 Å². The van der Waals surface area contributed by atoms with Crippen molar-refractivity contribution in [2.75, 3.05) is 0 Å². The van der Waals surface area contributed by atoms with Gasteiger partial charge in [0.15, 0.2) is 5.78 Å². The van der Waals surface area contributed by atoms with Crippen LogP contribution in [0, 0.1) is 0 Å². The van der Waals surface area contributed by atoms with Crippen LogP contribution in [0.15, 0.2) is 48.5 Å². The Kier molecular flexibility index (Phi) is 3.07. The van der Waals surface area contributed by atoms with Gasteiger partial charge < -0.3 is 0 Å². The quantitative estimate of drug-likeness (QED) is 0.707. The highest BCUT2D eigenvalue weighted by Crippen LogP contribution is 2.28. The van der Waals surface area contributed by atoms with Gasteiger partial charge in [-0.2, -0.15) is 0 Å². The minimum atomic E-state index is 0.0499. The smallest absolute Gasteiger partial charge is 0.159 e. The predicted molar refractivity (Wildman–Crippen MR) is 66.9 cm³/mol. The number of ketones is 1. The second-order valence-electron chi connectivity index (χ2n) is 3.62. The van der Waals surface area contributed by atoms with Crippen molar-refractivity contribution < 1.29 is 4.79 Å². The summed E-state index contributed by atoms with van der Waals surface area (Å²) in [5, 5.41) is 0.663. The van der Waals surface area contributed by atoms with Gasteiger partial charge in [-0.3, -0.25) is 4.79 Å². The Balaban J connectivity index is 2.56. The van der Waals surface area contributed by atoms with Crippen molar-refractivity contribution in [2.24, 2.45) is 0 Å². The lowest BCUT2D eigenvalue weighted by atomic mass is 10.0. The number of carbonyl (C=O) groups excluding carboxylic acids is 1. The molecular formula is C14H11ClO. The van der Waals surface area contributed by atoms with Crippen molar-refractivity contribution in [3.8, 4) is 11.1 Å². The highest BCUT2D eigenvalue weighted by Gasteiger charge is 2.06. The van der Waals surface area contributed by atoms with Gasteiger partial charge in [0.05, 0.1) is 0 Å². The van der Waals surface area contributed by atoms with Gasteiger partial charge >= 0.3 is 0 Å². The van der Waals surface area contributed by atoms with Gasteiger partial charge in [-0.25, -0.2) is 0 Å². The molecular weight excluding hydrogens is 220 g/mol. The number of halogens is 1. The van der Waals surface area contributed by atoms with Crippen molar-refractivity contribution >= 4 is 17.4 Å². The molecule has 0 bridgehead atoms. The molecule has 0 atom stereocenters. The zero-order valence-electron chi connectivity index (χ0n) is 8.91. The first-order chi connectivity index (χ1) is 7.68. The highest BCUT2D eigenvalue weighted by atomic mass is 35.5. The van der Waals surface area contributed by atoms with Crippen molar-refractivity contribution in [1.82, 2.24) is 0 Å². The fourth-order valence-corrected chi connectivity index (χ4v) is 1.81. The van der Waals surface area contributed by atoms with Gasteiger partial charge in [0.25, 0.3) is 0 Å². The molecule has 1 nitrogen and oxygen atoms in total. The summed E-state index contributed by atoms with van der Waals surface area (Å²) in [7, 11) is 0. The van der Waals surface area contributed by atoms with E-state index >= 15 is 0 Å². The van der Waals surface area contributed by atoms with Crippen LogP contribution in [0.5, 0.6) is 0 Å². The molecule has 0 fully saturated rings. The van der Waals surface area contributed by atoms with Crippen molar-refractivity contribution in [1.29, 1.82) is 0 Å². The van der Waals surface area contributed by atoms with Gasteiger partial charge in [-0.15, -0.1) is 0 Å². The molecule has 0 unspecified atom stereocenters. The van der Waals surface area contributed by atoms with E-state index in [1.165, 1.54) is 0 Å². The van der Waals surface area contributed by atoms with Gasteiger partial charge in [0.1, 0.15) is 0 Å². The van der Waals surface area contributed by atoms with Crippen molar-refractivity contribution in [2.45, 2.75) is 6.92 Å². The van der Waals surface area contributed by atoms with Crippen LogP contribution >= 0.6 is 11.6 Å². The summed E-state index contributed by atoms with van der Waals surface area (Å²) >= 11 is 6.12. The Bertz CT molecular complexity index is 518. The first-order valence-corrected chi connectivity index (χ1v) is 5.42. The average Bonchev–Trinajstić information content (AvgIpc) is 2.30. The second kappa shape index (κ2) is 4.50. The van der Waals surface area contributed by atoms with E-state index in [1.54, 1.807) is 19.1 Å². The first kappa shape index (κ1) is 10.9. The summed E-state index contributed by atoms with van der Waals surface area (Å²) < 4.78 is 0. The number of hydrogen-bond donors (Lipinski definition) is 0. The average molecular weight is 231 g/mol. The molecule has 2 heteroatoms. The number of Topliss-reactive ketones (excluding diaryl/α,β-unsaturated/α-hetero) is 1. The molecule has 0 spiro atoms. The van der Waals surface area contributed by atoms with E-state index in [9.17, 15) is 4.79 Å². The molecule has 0 radical (unpaired) electrons. The number of carbonyl (C=O) groups is 1. The molecule has 0 heterocycles. The fourth-order valence-electron chi connectivity index (χ4n) is 1.58. The van der Waals surface area contributed by atoms with Gasteiger partial charge in [-0.05, 0) is 30.7 Å². The summed E-state index contributed by atoms with van der Waals surface area (Å²) in [6, 6.07) is 15.2. The van der Waals surface area contributed by atoms with Crippen LogP contribution in [0.3, 0.4) is 0 Å². The summed E-state index contributed by atoms with van der Waals surface area (Å²) in [4.78, 5) is 11.3. The topological polar surface area (TPSA) is 17.1 Å². The zero-order valence-corrected chi connectivity index (χ0v) is 9.66. The summed E-state index contributed by atoms with van der Waals surface area (Å²) in [5.41, 5.74) is 2.61. The van der Waals surface area contributed by atoms with Crippen LogP contribution in [-0.4, -0.2) is 5.78 Å². The van der Waals surface area contributed by atoms with Crippen LogP contribution in [0.2, 0.25) is 5.02 Å². The second-order valence-corrected chi connectivity index (χ2v) is 4.02. The third-order valence-electron chi connectivity index (χ3n) is 2.46. The van der Waals surface area contributed by atoms with Crippen LogP contribution in [0.1, 0.15) is 17.3 Å². The maximum Gasteiger partial charge on any atom is 0.159 e. The molecule has 0 aliphatic heterocycles. The maximum absolute atomic E-state index is 11.3. The highest BCUT2D eigenvalue weighted by molar-refractivity contribution is 6.33. The standard InChI is InChI=1S/C14H11ClO/c1-10(16)12-7-8-14(15)13(9-12)11-5-3-2-4-6-11/h2-9H,1H3. The molecule has 0 aliphatic carbocycles. The molecule has 0 saturated heterocycles. The Labute approximate surface area is 99.7 Å². The van der Waals surface area contributed by atoms with Crippen LogP contribution in [-0.2, 0) is 0 Å². The Morgan fingerprint density at radius 3 is 2.38 bits per heavy atom. The van der Waals surface area contributed by atoms with Crippen LogP contribution in [0.4, 0.5) is 0 Å². The number of rotatable bonds is 2.